The Kier molecular flexibility index (Phi) is 7.24. The zero-order valence-electron chi connectivity index (χ0n) is 14.0. The molecule has 4 unspecified atom stereocenters. The Morgan fingerprint density at radius 1 is 1.21 bits per heavy atom. The highest BCUT2D eigenvalue weighted by Crippen LogP contribution is 2.42. The molecule has 0 aliphatic heterocycles. The molecule has 4 atom stereocenters. The van der Waals surface area contributed by atoms with Crippen LogP contribution in [0, 0.1) is 17.3 Å². The average Bonchev–Trinajstić information content (AvgIpc) is 2.36. The molecular weight excluding hydrogens is 250 g/mol. The van der Waals surface area contributed by atoms with E-state index >= 15 is 0 Å². The molecule has 2 heteroatoms. The monoisotopic (exact) mass is 285 g/mol. The second-order valence-corrected chi connectivity index (χ2v) is 8.70. The van der Waals surface area contributed by atoms with Gasteiger partial charge in [-0.05, 0) is 48.8 Å². The molecule has 0 amide bonds. The molecule has 0 radical (unpaired) electrons. The van der Waals surface area contributed by atoms with Gasteiger partial charge in [0, 0.05) is 11.3 Å². The van der Waals surface area contributed by atoms with E-state index in [1.807, 2.05) is 0 Å². The third-order valence-electron chi connectivity index (χ3n) is 4.77. The lowest BCUT2D eigenvalue weighted by atomic mass is 9.71. The third-order valence-corrected chi connectivity index (χ3v) is 6.49. The van der Waals surface area contributed by atoms with Gasteiger partial charge in [-0.2, -0.15) is 11.8 Å². The first-order valence-electron chi connectivity index (χ1n) is 8.23. The van der Waals surface area contributed by atoms with Crippen molar-refractivity contribution < 1.29 is 0 Å². The lowest BCUT2D eigenvalue weighted by Gasteiger charge is -2.42. The van der Waals surface area contributed by atoms with Crippen LogP contribution in [0.15, 0.2) is 0 Å². The molecule has 1 nitrogen and oxygen atoms in total. The van der Waals surface area contributed by atoms with Crippen LogP contribution in [-0.4, -0.2) is 23.6 Å². The highest BCUT2D eigenvalue weighted by molar-refractivity contribution is 7.99. The summed E-state index contributed by atoms with van der Waals surface area (Å²) in [6, 6.07) is 0.748. The van der Waals surface area contributed by atoms with Crippen LogP contribution in [0.2, 0.25) is 0 Å². The summed E-state index contributed by atoms with van der Waals surface area (Å²) >= 11 is 2.24. The second kappa shape index (κ2) is 7.93. The van der Waals surface area contributed by atoms with Crippen molar-refractivity contribution in [1.82, 2.24) is 5.32 Å². The first kappa shape index (κ1) is 17.4. The van der Waals surface area contributed by atoms with Gasteiger partial charge in [-0.25, -0.2) is 0 Å². The van der Waals surface area contributed by atoms with Crippen LogP contribution in [0.4, 0.5) is 0 Å². The summed E-state index contributed by atoms with van der Waals surface area (Å²) in [6.45, 7) is 15.3. The lowest BCUT2D eigenvalue weighted by Crippen LogP contribution is -2.45. The van der Waals surface area contributed by atoms with Crippen LogP contribution >= 0.6 is 11.8 Å². The van der Waals surface area contributed by atoms with Gasteiger partial charge in [0.05, 0.1) is 0 Å². The van der Waals surface area contributed by atoms with E-state index in [9.17, 15) is 0 Å². The zero-order chi connectivity index (χ0) is 14.5. The fourth-order valence-corrected chi connectivity index (χ4v) is 4.65. The summed E-state index contributed by atoms with van der Waals surface area (Å²) in [6.07, 6.45) is 5.49. The highest BCUT2D eigenvalue weighted by atomic mass is 32.2. The van der Waals surface area contributed by atoms with Gasteiger partial charge in [0.1, 0.15) is 0 Å². The van der Waals surface area contributed by atoms with Gasteiger partial charge in [-0.3, -0.25) is 0 Å². The minimum Gasteiger partial charge on any atom is -0.313 e. The van der Waals surface area contributed by atoms with E-state index in [1.165, 1.54) is 31.4 Å². The molecule has 1 fully saturated rings. The third kappa shape index (κ3) is 5.67. The van der Waals surface area contributed by atoms with Crippen LogP contribution in [0.5, 0.6) is 0 Å². The van der Waals surface area contributed by atoms with Crippen molar-refractivity contribution in [3.8, 4) is 0 Å². The molecule has 1 aliphatic carbocycles. The van der Waals surface area contributed by atoms with Crippen LogP contribution in [0.25, 0.3) is 0 Å². The summed E-state index contributed by atoms with van der Waals surface area (Å²) in [5.41, 5.74) is 0.479. The summed E-state index contributed by atoms with van der Waals surface area (Å²) < 4.78 is 0. The first-order valence-corrected chi connectivity index (χ1v) is 9.28. The summed E-state index contributed by atoms with van der Waals surface area (Å²) in [4.78, 5) is 0. The van der Waals surface area contributed by atoms with E-state index in [-0.39, 0.29) is 0 Å². The van der Waals surface area contributed by atoms with Crippen molar-refractivity contribution in [3.05, 3.63) is 0 Å². The van der Waals surface area contributed by atoms with Crippen LogP contribution in [0.3, 0.4) is 0 Å². The predicted molar refractivity (Wildman–Crippen MR) is 90.0 cm³/mol. The van der Waals surface area contributed by atoms with E-state index in [0.29, 0.717) is 5.41 Å². The number of rotatable bonds is 6. The molecule has 0 bridgehead atoms. The Bertz CT molecular complexity index is 246. The average molecular weight is 286 g/mol. The zero-order valence-corrected chi connectivity index (χ0v) is 14.8. The second-order valence-electron chi connectivity index (χ2n) is 7.43. The van der Waals surface area contributed by atoms with Crippen molar-refractivity contribution in [2.45, 2.75) is 78.5 Å². The minimum absolute atomic E-state index is 0.479. The Hall–Kier alpha value is 0.310. The Balaban J connectivity index is 2.57. The van der Waals surface area contributed by atoms with Crippen molar-refractivity contribution in [1.29, 1.82) is 0 Å². The molecule has 0 spiro atoms. The van der Waals surface area contributed by atoms with Gasteiger partial charge in [-0.1, -0.05) is 48.0 Å². The van der Waals surface area contributed by atoms with E-state index in [1.54, 1.807) is 0 Å². The molecule has 1 N–H and O–H groups in total. The summed E-state index contributed by atoms with van der Waals surface area (Å²) in [7, 11) is 0. The topological polar surface area (TPSA) is 12.0 Å². The van der Waals surface area contributed by atoms with Crippen molar-refractivity contribution in [2.75, 3.05) is 12.3 Å². The van der Waals surface area contributed by atoms with Crippen molar-refractivity contribution in [3.63, 3.8) is 0 Å². The minimum atomic E-state index is 0.479. The quantitative estimate of drug-likeness (QED) is 0.740. The number of nitrogens with one attached hydrogen (secondary N) is 1. The largest absolute Gasteiger partial charge is 0.313 e. The van der Waals surface area contributed by atoms with Gasteiger partial charge < -0.3 is 5.32 Å². The molecule has 0 aromatic heterocycles. The maximum Gasteiger partial charge on any atom is 0.0204 e. The summed E-state index contributed by atoms with van der Waals surface area (Å²) in [5, 5.41) is 4.55. The first-order chi connectivity index (χ1) is 8.88. The Morgan fingerprint density at radius 2 is 1.89 bits per heavy atom. The van der Waals surface area contributed by atoms with E-state index in [0.717, 1.165) is 29.7 Å². The fourth-order valence-electron chi connectivity index (χ4n) is 3.00. The lowest BCUT2D eigenvalue weighted by molar-refractivity contribution is 0.165. The van der Waals surface area contributed by atoms with Gasteiger partial charge in [-0.15, -0.1) is 0 Å². The van der Waals surface area contributed by atoms with Gasteiger partial charge in [0.25, 0.3) is 0 Å². The molecule has 1 saturated carbocycles. The highest BCUT2D eigenvalue weighted by Gasteiger charge is 2.35. The maximum atomic E-state index is 3.73. The van der Waals surface area contributed by atoms with E-state index in [4.69, 9.17) is 0 Å². The molecule has 0 aromatic rings. The number of hydrogen-bond donors (Lipinski definition) is 1. The Morgan fingerprint density at radius 3 is 2.42 bits per heavy atom. The normalized spacial score (nSPS) is 30.3. The molecule has 0 saturated heterocycles. The molecule has 0 aromatic carbocycles. The molecule has 1 rings (SSSR count). The van der Waals surface area contributed by atoms with Gasteiger partial charge in [0.15, 0.2) is 0 Å². The summed E-state index contributed by atoms with van der Waals surface area (Å²) in [5.74, 6) is 3.10. The molecule has 0 heterocycles. The molecular formula is C17H35NS. The number of hydrogen-bond acceptors (Lipinski definition) is 2. The van der Waals surface area contributed by atoms with Crippen LogP contribution in [-0.2, 0) is 0 Å². The van der Waals surface area contributed by atoms with Crippen LogP contribution in [0.1, 0.15) is 67.2 Å². The number of thioether (sulfide) groups is 1. The van der Waals surface area contributed by atoms with Crippen LogP contribution < -0.4 is 5.32 Å². The smallest absolute Gasteiger partial charge is 0.0204 e. The SMILES string of the molecule is CCNC1CCC(C(C)(C)C)CC1SCC(C)CC. The van der Waals surface area contributed by atoms with Gasteiger partial charge >= 0.3 is 0 Å². The maximum absolute atomic E-state index is 3.73. The fraction of sp³-hybridized carbons (Fsp3) is 1.00. The molecule has 19 heavy (non-hydrogen) atoms. The Labute approximate surface area is 125 Å². The predicted octanol–water partition coefficient (Wildman–Crippen LogP) is 4.96. The van der Waals surface area contributed by atoms with Crippen molar-refractivity contribution >= 4 is 11.8 Å². The molecule has 114 valence electrons. The van der Waals surface area contributed by atoms with E-state index < -0.39 is 0 Å². The van der Waals surface area contributed by atoms with Crippen molar-refractivity contribution in [2.24, 2.45) is 17.3 Å². The standard InChI is InChI=1S/C17H35NS/c1-7-13(3)12-19-16-11-14(17(4,5)6)9-10-15(16)18-8-2/h13-16,18H,7-12H2,1-6H3. The van der Waals surface area contributed by atoms with Gasteiger partial charge in [0.2, 0.25) is 0 Å². The molecule has 1 aliphatic rings. The van der Waals surface area contributed by atoms with E-state index in [2.05, 4.69) is 58.6 Å².